The average Bonchev–Trinajstić information content (AvgIpc) is 2.23. The topological polar surface area (TPSA) is 49.3 Å². The van der Waals surface area contributed by atoms with Crippen molar-refractivity contribution in [2.24, 2.45) is 5.41 Å². The Kier molecular flexibility index (Phi) is 5.73. The number of hydrogen-bond donors (Lipinski definition) is 2. The molecular weight excluding hydrogens is 360 g/mol. The van der Waals surface area contributed by atoms with Gasteiger partial charge in [-0.3, -0.25) is 4.79 Å². The maximum atomic E-state index is 12.9. The molecule has 0 fully saturated rings. The molecule has 0 aliphatic heterocycles. The molecule has 0 saturated heterocycles. The van der Waals surface area contributed by atoms with E-state index >= 15 is 0 Å². The first kappa shape index (κ1) is 16.4. The van der Waals surface area contributed by atoms with Crippen LogP contribution in [0.3, 0.4) is 0 Å². The molecule has 1 aromatic rings. The maximum Gasteiger partial charge on any atom is 0.252 e. The molecule has 0 saturated carbocycles. The minimum absolute atomic E-state index is 0.00838. The fraction of sp³-hybridized carbons (Fsp3) is 0.500. The van der Waals surface area contributed by atoms with Crippen LogP contribution in [-0.2, 0) is 0 Å². The van der Waals surface area contributed by atoms with Crippen LogP contribution in [0.2, 0.25) is 0 Å². The van der Waals surface area contributed by atoms with Gasteiger partial charge in [0.15, 0.2) is 0 Å². The molecule has 2 N–H and O–H groups in total. The van der Waals surface area contributed by atoms with Gasteiger partial charge in [0.05, 0.1) is 11.7 Å². The Morgan fingerprint density at radius 2 is 2.11 bits per heavy atom. The van der Waals surface area contributed by atoms with Crippen molar-refractivity contribution in [3.05, 3.63) is 33.1 Å². The highest BCUT2D eigenvalue weighted by Gasteiger charge is 2.18. The number of hydrogen-bond acceptors (Lipinski definition) is 2. The van der Waals surface area contributed by atoms with E-state index in [1.807, 2.05) is 43.4 Å². The van der Waals surface area contributed by atoms with Gasteiger partial charge in [0.2, 0.25) is 0 Å². The molecular formula is C14H19FINO2. The van der Waals surface area contributed by atoms with E-state index in [9.17, 15) is 14.3 Å². The Bertz CT molecular complexity index is 457. The molecule has 1 atom stereocenters. The van der Waals surface area contributed by atoms with Gasteiger partial charge in [-0.2, -0.15) is 0 Å². The Morgan fingerprint density at radius 1 is 1.47 bits per heavy atom. The number of carbonyl (C=O) groups excluding carboxylic acids is 1. The van der Waals surface area contributed by atoms with Crippen molar-refractivity contribution < 1.29 is 14.3 Å². The summed E-state index contributed by atoms with van der Waals surface area (Å²) in [6.45, 7) is 6.28. The van der Waals surface area contributed by atoms with Crippen LogP contribution in [0.5, 0.6) is 0 Å². The molecule has 19 heavy (non-hydrogen) atoms. The molecule has 0 spiro atoms. The molecule has 0 aliphatic rings. The summed E-state index contributed by atoms with van der Waals surface area (Å²) in [6.07, 6.45) is 0.0235. The van der Waals surface area contributed by atoms with E-state index in [1.165, 1.54) is 18.2 Å². The van der Waals surface area contributed by atoms with Crippen LogP contribution < -0.4 is 5.32 Å². The zero-order chi connectivity index (χ0) is 14.6. The average molecular weight is 379 g/mol. The SMILES string of the molecule is CC(C)(C)CC(O)CNC(=O)c1ccc(F)cc1I. The lowest BCUT2D eigenvalue weighted by Gasteiger charge is -2.22. The van der Waals surface area contributed by atoms with Crippen LogP contribution >= 0.6 is 22.6 Å². The number of nitrogens with one attached hydrogen (secondary N) is 1. The lowest BCUT2D eigenvalue weighted by atomic mass is 9.89. The van der Waals surface area contributed by atoms with Crippen molar-refractivity contribution >= 4 is 28.5 Å². The van der Waals surface area contributed by atoms with Crippen LogP contribution in [0.25, 0.3) is 0 Å². The van der Waals surface area contributed by atoms with E-state index < -0.39 is 6.10 Å². The van der Waals surface area contributed by atoms with E-state index in [0.717, 1.165) is 0 Å². The molecule has 1 rings (SSSR count). The molecule has 0 heterocycles. The van der Waals surface area contributed by atoms with Crippen molar-refractivity contribution in [3.63, 3.8) is 0 Å². The quantitative estimate of drug-likeness (QED) is 0.791. The van der Waals surface area contributed by atoms with Gasteiger partial charge < -0.3 is 10.4 Å². The Morgan fingerprint density at radius 3 is 2.63 bits per heavy atom. The second-order valence-corrected chi connectivity index (χ2v) is 6.91. The first-order valence-corrected chi connectivity index (χ1v) is 7.18. The van der Waals surface area contributed by atoms with Gasteiger partial charge in [-0.05, 0) is 52.6 Å². The third kappa shape index (κ3) is 5.86. The molecule has 0 radical (unpaired) electrons. The van der Waals surface area contributed by atoms with Crippen LogP contribution in [0.4, 0.5) is 4.39 Å². The predicted molar refractivity (Wildman–Crippen MR) is 81.5 cm³/mol. The zero-order valence-electron chi connectivity index (χ0n) is 11.3. The number of amides is 1. The minimum atomic E-state index is -0.581. The summed E-state index contributed by atoms with van der Waals surface area (Å²) in [5.74, 6) is -0.661. The number of aliphatic hydroxyl groups excluding tert-OH is 1. The van der Waals surface area contributed by atoms with Gasteiger partial charge in [-0.15, -0.1) is 0 Å². The second-order valence-electron chi connectivity index (χ2n) is 5.75. The van der Waals surface area contributed by atoms with E-state index in [1.54, 1.807) is 0 Å². The van der Waals surface area contributed by atoms with Gasteiger partial charge in [0.25, 0.3) is 5.91 Å². The Balaban J connectivity index is 2.56. The first-order valence-electron chi connectivity index (χ1n) is 6.10. The monoisotopic (exact) mass is 379 g/mol. The highest BCUT2D eigenvalue weighted by Crippen LogP contribution is 2.20. The van der Waals surface area contributed by atoms with Crippen LogP contribution in [0.1, 0.15) is 37.6 Å². The first-order chi connectivity index (χ1) is 8.69. The minimum Gasteiger partial charge on any atom is -0.391 e. The molecule has 1 amide bonds. The van der Waals surface area contributed by atoms with E-state index in [-0.39, 0.29) is 23.7 Å². The normalized spacial score (nSPS) is 13.2. The second kappa shape index (κ2) is 6.65. The number of benzene rings is 1. The summed E-state index contributed by atoms with van der Waals surface area (Å²) in [6, 6.07) is 4.01. The fourth-order valence-corrected chi connectivity index (χ4v) is 2.48. The van der Waals surface area contributed by atoms with Crippen molar-refractivity contribution in [2.75, 3.05) is 6.54 Å². The van der Waals surface area contributed by atoms with Crippen LogP contribution in [0, 0.1) is 14.8 Å². The van der Waals surface area contributed by atoms with E-state index in [4.69, 9.17) is 0 Å². The van der Waals surface area contributed by atoms with Crippen molar-refractivity contribution in [1.82, 2.24) is 5.32 Å². The van der Waals surface area contributed by atoms with Gasteiger partial charge in [-0.25, -0.2) is 4.39 Å². The smallest absolute Gasteiger partial charge is 0.252 e. The lowest BCUT2D eigenvalue weighted by Crippen LogP contribution is -2.34. The highest BCUT2D eigenvalue weighted by atomic mass is 127. The highest BCUT2D eigenvalue weighted by molar-refractivity contribution is 14.1. The summed E-state index contributed by atoms with van der Waals surface area (Å²) in [7, 11) is 0. The molecule has 5 heteroatoms. The summed E-state index contributed by atoms with van der Waals surface area (Å²) in [5.41, 5.74) is 0.430. The van der Waals surface area contributed by atoms with Gasteiger partial charge in [-0.1, -0.05) is 20.8 Å². The molecule has 3 nitrogen and oxygen atoms in total. The molecule has 0 aliphatic carbocycles. The molecule has 0 bridgehead atoms. The summed E-state index contributed by atoms with van der Waals surface area (Å²) in [5, 5.41) is 12.5. The van der Waals surface area contributed by atoms with E-state index in [2.05, 4.69) is 5.32 Å². The van der Waals surface area contributed by atoms with E-state index in [0.29, 0.717) is 15.6 Å². The van der Waals surface area contributed by atoms with Gasteiger partial charge >= 0.3 is 0 Å². The van der Waals surface area contributed by atoms with Crippen molar-refractivity contribution in [3.8, 4) is 0 Å². The third-order valence-electron chi connectivity index (χ3n) is 2.52. The van der Waals surface area contributed by atoms with Gasteiger partial charge in [0, 0.05) is 10.1 Å². The van der Waals surface area contributed by atoms with Gasteiger partial charge in [0.1, 0.15) is 5.82 Å². The number of aliphatic hydroxyl groups is 1. The largest absolute Gasteiger partial charge is 0.391 e. The van der Waals surface area contributed by atoms with Crippen LogP contribution in [-0.4, -0.2) is 23.7 Å². The molecule has 106 valence electrons. The fourth-order valence-electron chi connectivity index (χ4n) is 1.76. The molecule has 1 aromatic carbocycles. The Labute approximate surface area is 126 Å². The zero-order valence-corrected chi connectivity index (χ0v) is 13.5. The maximum absolute atomic E-state index is 12.9. The predicted octanol–water partition coefficient (Wildman–Crippen LogP) is 2.96. The van der Waals surface area contributed by atoms with Crippen molar-refractivity contribution in [2.45, 2.75) is 33.3 Å². The molecule has 0 aromatic heterocycles. The number of halogens is 2. The molecule has 1 unspecified atom stereocenters. The van der Waals surface area contributed by atoms with Crippen LogP contribution in [0.15, 0.2) is 18.2 Å². The summed E-state index contributed by atoms with van der Waals surface area (Å²) in [4.78, 5) is 11.9. The Hall–Kier alpha value is -0.690. The lowest BCUT2D eigenvalue weighted by molar-refractivity contribution is 0.0868. The summed E-state index contributed by atoms with van der Waals surface area (Å²) >= 11 is 1.92. The summed E-state index contributed by atoms with van der Waals surface area (Å²) < 4.78 is 13.5. The number of carbonyl (C=O) groups is 1. The third-order valence-corrected chi connectivity index (χ3v) is 3.41. The van der Waals surface area contributed by atoms with Crippen molar-refractivity contribution in [1.29, 1.82) is 0 Å². The standard InChI is InChI=1S/C14H19FINO2/c1-14(2,3)7-10(18)8-17-13(19)11-5-4-9(15)6-12(11)16/h4-6,10,18H,7-8H2,1-3H3,(H,17,19). The number of rotatable bonds is 4.